The molecule has 3 rings (SSSR count). The Balaban J connectivity index is 2.22. The van der Waals surface area contributed by atoms with Crippen molar-refractivity contribution < 1.29 is 4.74 Å². The van der Waals surface area contributed by atoms with Crippen LogP contribution in [0.2, 0.25) is 0 Å². The van der Waals surface area contributed by atoms with E-state index in [4.69, 9.17) is 10.5 Å². The number of methoxy groups -OCH3 is 1. The summed E-state index contributed by atoms with van der Waals surface area (Å²) < 4.78 is 7.30. The van der Waals surface area contributed by atoms with Gasteiger partial charge in [0.25, 0.3) is 0 Å². The molecule has 1 heterocycles. The van der Waals surface area contributed by atoms with Crippen molar-refractivity contribution in [3.05, 3.63) is 59.6 Å². The van der Waals surface area contributed by atoms with E-state index in [-0.39, 0.29) is 0 Å². The second kappa shape index (κ2) is 6.76. The molecule has 0 aliphatic heterocycles. The molecule has 0 radical (unpaired) electrons. The van der Waals surface area contributed by atoms with Gasteiger partial charge in [-0.05, 0) is 41.0 Å². The molecule has 0 unspecified atom stereocenters. The second-order valence-electron chi connectivity index (χ2n) is 5.59. The number of nitrogens with zero attached hydrogens (tertiary/aromatic N) is 2. The van der Waals surface area contributed by atoms with E-state index in [1.165, 1.54) is 0 Å². The van der Waals surface area contributed by atoms with E-state index >= 15 is 0 Å². The van der Waals surface area contributed by atoms with Crippen LogP contribution in [0.1, 0.15) is 5.56 Å². The van der Waals surface area contributed by atoms with Crippen molar-refractivity contribution in [2.24, 2.45) is 17.9 Å². The zero-order valence-corrected chi connectivity index (χ0v) is 14.2. The van der Waals surface area contributed by atoms with Gasteiger partial charge in [-0.15, -0.1) is 0 Å². The van der Waals surface area contributed by atoms with Gasteiger partial charge in [0, 0.05) is 26.0 Å². The van der Waals surface area contributed by atoms with E-state index < -0.39 is 0 Å². The summed E-state index contributed by atoms with van der Waals surface area (Å²) in [6, 6.07) is 16.5. The number of benzene rings is 2. The van der Waals surface area contributed by atoms with Gasteiger partial charge >= 0.3 is 0 Å². The third kappa shape index (κ3) is 2.86. The fourth-order valence-electron chi connectivity index (χ4n) is 2.89. The van der Waals surface area contributed by atoms with Gasteiger partial charge in [0.1, 0.15) is 5.75 Å². The maximum absolute atomic E-state index is 5.93. The Morgan fingerprint density at radius 2 is 1.79 bits per heavy atom. The summed E-state index contributed by atoms with van der Waals surface area (Å²) in [4.78, 5) is 0. The molecule has 5 nitrogen and oxygen atoms in total. The second-order valence-corrected chi connectivity index (χ2v) is 5.59. The number of hydrogen-bond acceptors (Lipinski definition) is 4. The Kier molecular flexibility index (Phi) is 4.53. The lowest BCUT2D eigenvalue weighted by molar-refractivity contribution is 0.415. The number of aryl methyl sites for hydroxylation is 1. The molecule has 2 aromatic carbocycles. The first-order valence-electron chi connectivity index (χ1n) is 7.85. The number of ether oxygens (including phenoxy) is 1. The third-order valence-electron chi connectivity index (χ3n) is 4.22. The zero-order valence-electron chi connectivity index (χ0n) is 14.2. The topological polar surface area (TPSA) is 64.6 Å². The molecule has 0 bridgehead atoms. The molecule has 0 aliphatic rings. The SMILES string of the molecule is CN/N=c1/cc(CN)c2ccc(-c3ccc(OC)cc3)cc2n1C. The maximum atomic E-state index is 5.93. The lowest BCUT2D eigenvalue weighted by Crippen LogP contribution is -2.23. The molecule has 0 saturated heterocycles. The van der Waals surface area contributed by atoms with Crippen molar-refractivity contribution >= 4 is 10.9 Å². The van der Waals surface area contributed by atoms with Crippen LogP contribution < -0.4 is 21.4 Å². The highest BCUT2D eigenvalue weighted by Gasteiger charge is 2.07. The van der Waals surface area contributed by atoms with E-state index in [9.17, 15) is 0 Å². The van der Waals surface area contributed by atoms with Crippen LogP contribution in [-0.4, -0.2) is 18.7 Å². The Labute approximate surface area is 141 Å². The first kappa shape index (κ1) is 16.1. The van der Waals surface area contributed by atoms with Crippen LogP contribution in [0.25, 0.3) is 22.0 Å². The van der Waals surface area contributed by atoms with Gasteiger partial charge in [-0.2, -0.15) is 5.10 Å². The number of pyridine rings is 1. The monoisotopic (exact) mass is 322 g/mol. The van der Waals surface area contributed by atoms with Crippen LogP contribution in [0.15, 0.2) is 53.6 Å². The molecule has 3 aromatic rings. The molecule has 24 heavy (non-hydrogen) atoms. The van der Waals surface area contributed by atoms with Gasteiger partial charge < -0.3 is 20.5 Å². The zero-order chi connectivity index (χ0) is 17.1. The number of aromatic nitrogens is 1. The van der Waals surface area contributed by atoms with Crippen molar-refractivity contribution in [1.82, 2.24) is 9.99 Å². The van der Waals surface area contributed by atoms with Crippen molar-refractivity contribution in [1.29, 1.82) is 0 Å². The van der Waals surface area contributed by atoms with E-state index in [0.29, 0.717) is 6.54 Å². The van der Waals surface area contributed by atoms with Crippen LogP contribution >= 0.6 is 0 Å². The minimum Gasteiger partial charge on any atom is -0.497 e. The average molecular weight is 322 g/mol. The molecule has 0 fully saturated rings. The first-order valence-corrected chi connectivity index (χ1v) is 7.85. The molecule has 0 atom stereocenters. The highest BCUT2D eigenvalue weighted by molar-refractivity contribution is 5.87. The smallest absolute Gasteiger partial charge is 0.152 e. The number of fused-ring (bicyclic) bond motifs is 1. The van der Waals surface area contributed by atoms with Crippen molar-refractivity contribution in [3.63, 3.8) is 0 Å². The number of nitrogens with one attached hydrogen (secondary N) is 1. The number of hydrogen-bond donors (Lipinski definition) is 2. The molecular weight excluding hydrogens is 300 g/mol. The largest absolute Gasteiger partial charge is 0.497 e. The lowest BCUT2D eigenvalue weighted by Gasteiger charge is -2.13. The van der Waals surface area contributed by atoms with Crippen molar-refractivity contribution in [2.45, 2.75) is 6.54 Å². The minimum absolute atomic E-state index is 0.478. The molecule has 0 amide bonds. The highest BCUT2D eigenvalue weighted by atomic mass is 16.5. The van der Waals surface area contributed by atoms with Gasteiger partial charge in [-0.1, -0.05) is 24.3 Å². The molecule has 5 heteroatoms. The number of nitrogens with two attached hydrogens (primary N) is 1. The maximum Gasteiger partial charge on any atom is 0.152 e. The van der Waals surface area contributed by atoms with Gasteiger partial charge in [0.15, 0.2) is 5.49 Å². The van der Waals surface area contributed by atoms with Gasteiger partial charge in [-0.3, -0.25) is 0 Å². The molecular formula is C19H22N4O. The summed E-state index contributed by atoms with van der Waals surface area (Å²) in [5.41, 5.74) is 14.1. The summed E-state index contributed by atoms with van der Waals surface area (Å²) in [5.74, 6) is 0.852. The van der Waals surface area contributed by atoms with E-state index in [1.807, 2.05) is 25.2 Å². The molecule has 124 valence electrons. The fraction of sp³-hybridized carbons (Fsp3) is 0.211. The predicted molar refractivity (Wildman–Crippen MR) is 97.4 cm³/mol. The lowest BCUT2D eigenvalue weighted by atomic mass is 10.0. The molecule has 0 saturated carbocycles. The molecule has 0 spiro atoms. The van der Waals surface area contributed by atoms with Gasteiger partial charge in [0.2, 0.25) is 0 Å². The normalized spacial score (nSPS) is 11.8. The highest BCUT2D eigenvalue weighted by Crippen LogP contribution is 2.26. The van der Waals surface area contributed by atoms with E-state index in [0.717, 1.165) is 38.8 Å². The standard InChI is InChI=1S/C19H22N4O/c1-21-22-19-11-15(12-20)17-9-6-14(10-18(17)23(19)2)13-4-7-16(24-3)8-5-13/h4-11,21H,12,20H2,1-3H3/b22-19-. The summed E-state index contributed by atoms with van der Waals surface area (Å²) in [6.07, 6.45) is 0. The van der Waals surface area contributed by atoms with Gasteiger partial charge in [0.05, 0.1) is 12.6 Å². The Bertz CT molecular complexity index is 926. The molecule has 0 aliphatic carbocycles. The van der Waals surface area contributed by atoms with Crippen LogP contribution in [0, 0.1) is 0 Å². The summed E-state index contributed by atoms with van der Waals surface area (Å²) in [7, 11) is 5.48. The Hall–Kier alpha value is -2.79. The van der Waals surface area contributed by atoms with Crippen LogP contribution in [0.5, 0.6) is 5.75 Å². The van der Waals surface area contributed by atoms with Crippen LogP contribution in [-0.2, 0) is 13.6 Å². The summed E-state index contributed by atoms with van der Waals surface area (Å²) >= 11 is 0. The predicted octanol–water partition coefficient (Wildman–Crippen LogP) is 2.35. The average Bonchev–Trinajstić information content (AvgIpc) is 2.64. The van der Waals surface area contributed by atoms with E-state index in [2.05, 4.69) is 45.4 Å². The van der Waals surface area contributed by atoms with Gasteiger partial charge in [-0.25, -0.2) is 0 Å². The van der Waals surface area contributed by atoms with Crippen LogP contribution in [0.3, 0.4) is 0 Å². The molecule has 1 aromatic heterocycles. The minimum atomic E-state index is 0.478. The Morgan fingerprint density at radius 3 is 2.42 bits per heavy atom. The number of rotatable bonds is 4. The van der Waals surface area contributed by atoms with Crippen molar-refractivity contribution in [3.8, 4) is 16.9 Å². The molecule has 3 N–H and O–H groups in total. The van der Waals surface area contributed by atoms with E-state index in [1.54, 1.807) is 14.2 Å². The van der Waals surface area contributed by atoms with Crippen molar-refractivity contribution in [2.75, 3.05) is 14.2 Å². The third-order valence-corrected chi connectivity index (χ3v) is 4.22. The summed E-state index contributed by atoms with van der Waals surface area (Å²) in [5, 5.41) is 5.48. The van der Waals surface area contributed by atoms with Crippen LogP contribution in [0.4, 0.5) is 0 Å². The summed E-state index contributed by atoms with van der Waals surface area (Å²) in [6.45, 7) is 0.478. The first-order chi connectivity index (χ1) is 11.7. The Morgan fingerprint density at radius 1 is 1.08 bits per heavy atom. The fourth-order valence-corrected chi connectivity index (χ4v) is 2.89. The quantitative estimate of drug-likeness (QED) is 0.725.